The number of alkyl halides is 3. The van der Waals surface area contributed by atoms with Gasteiger partial charge in [0, 0.05) is 37.7 Å². The third-order valence-corrected chi connectivity index (χ3v) is 6.48. The fourth-order valence-electron chi connectivity index (χ4n) is 4.49. The van der Waals surface area contributed by atoms with Gasteiger partial charge < -0.3 is 9.42 Å². The zero-order valence-corrected chi connectivity index (χ0v) is 17.9. The molecule has 7 nitrogen and oxygen atoms in total. The van der Waals surface area contributed by atoms with Crippen molar-refractivity contribution >= 4 is 17.0 Å². The highest BCUT2D eigenvalue weighted by atomic mass is 19.4. The molecule has 5 rings (SSSR count). The van der Waals surface area contributed by atoms with Gasteiger partial charge >= 0.3 is 6.18 Å². The van der Waals surface area contributed by atoms with Crippen LogP contribution in [-0.4, -0.2) is 43.8 Å². The van der Waals surface area contributed by atoms with Crippen molar-refractivity contribution in [1.29, 1.82) is 0 Å². The smallest absolute Gasteiger partial charge is 0.337 e. The zero-order valence-electron chi connectivity index (χ0n) is 17.9. The van der Waals surface area contributed by atoms with Crippen LogP contribution in [-0.2, 0) is 19.6 Å². The Labute approximate surface area is 182 Å². The molecule has 0 spiro atoms. The molecular weight excluding hydrogens is 423 g/mol. The van der Waals surface area contributed by atoms with Gasteiger partial charge in [0.2, 0.25) is 0 Å². The van der Waals surface area contributed by atoms with Gasteiger partial charge in [-0.3, -0.25) is 9.48 Å². The highest BCUT2D eigenvalue weighted by Gasteiger charge is 2.38. The molecule has 0 bridgehead atoms. The molecule has 10 heteroatoms. The third kappa shape index (κ3) is 3.65. The number of halogens is 3. The maximum Gasteiger partial charge on any atom is 0.417 e. The Hall–Kier alpha value is -2.91. The van der Waals surface area contributed by atoms with E-state index >= 15 is 0 Å². The number of carbonyl (C=O) groups excluding carboxylic acids is 1. The maximum atomic E-state index is 13.8. The Kier molecular flexibility index (Phi) is 4.98. The second-order valence-electron chi connectivity index (χ2n) is 8.68. The van der Waals surface area contributed by atoms with Crippen LogP contribution in [0.1, 0.15) is 77.6 Å². The van der Waals surface area contributed by atoms with Crippen molar-refractivity contribution in [3.63, 3.8) is 0 Å². The van der Waals surface area contributed by atoms with Gasteiger partial charge in [0.1, 0.15) is 5.69 Å². The summed E-state index contributed by atoms with van der Waals surface area (Å²) in [5.41, 5.74) is 1.27. The van der Waals surface area contributed by atoms with E-state index in [-0.39, 0.29) is 28.6 Å². The second-order valence-corrected chi connectivity index (χ2v) is 8.68. The molecule has 1 saturated carbocycles. The lowest BCUT2D eigenvalue weighted by Crippen LogP contribution is -2.38. The van der Waals surface area contributed by atoms with Gasteiger partial charge in [0.05, 0.1) is 22.3 Å². The molecule has 0 unspecified atom stereocenters. The Bertz CT molecular complexity index is 1170. The van der Waals surface area contributed by atoms with Crippen molar-refractivity contribution in [2.24, 2.45) is 7.05 Å². The quantitative estimate of drug-likeness (QED) is 0.591. The van der Waals surface area contributed by atoms with Crippen LogP contribution in [0.2, 0.25) is 0 Å². The third-order valence-electron chi connectivity index (χ3n) is 6.48. The van der Waals surface area contributed by atoms with E-state index < -0.39 is 11.7 Å². The molecule has 1 amide bonds. The van der Waals surface area contributed by atoms with E-state index in [2.05, 4.69) is 15.2 Å². The van der Waals surface area contributed by atoms with Gasteiger partial charge in [-0.05, 0) is 44.2 Å². The number of nitrogens with zero attached hydrogens (tertiary/aromatic N) is 5. The fraction of sp³-hybridized carbons (Fsp3) is 0.545. The van der Waals surface area contributed by atoms with E-state index in [1.54, 1.807) is 23.6 Å². The largest absolute Gasteiger partial charge is 0.417 e. The number of carbonyl (C=O) groups is 1. The van der Waals surface area contributed by atoms with Gasteiger partial charge in [-0.1, -0.05) is 12.1 Å². The van der Waals surface area contributed by atoms with Crippen LogP contribution >= 0.6 is 0 Å². The number of hydrogen-bond donors (Lipinski definition) is 0. The lowest BCUT2D eigenvalue weighted by molar-refractivity contribution is -0.136. The first-order valence-electron chi connectivity index (χ1n) is 11.0. The van der Waals surface area contributed by atoms with Gasteiger partial charge in [0.25, 0.3) is 11.6 Å². The summed E-state index contributed by atoms with van der Waals surface area (Å²) in [6.07, 6.45) is -0.930. The van der Waals surface area contributed by atoms with E-state index in [0.717, 1.165) is 24.6 Å². The number of fused-ring (bicyclic) bond motifs is 1. The van der Waals surface area contributed by atoms with Crippen LogP contribution in [0.15, 0.2) is 16.7 Å². The van der Waals surface area contributed by atoms with Crippen LogP contribution in [0.5, 0.6) is 0 Å². The number of piperidine rings is 1. The first-order chi connectivity index (χ1) is 15.3. The predicted molar refractivity (Wildman–Crippen MR) is 109 cm³/mol. The highest BCUT2D eigenvalue weighted by Crippen LogP contribution is 2.41. The summed E-state index contributed by atoms with van der Waals surface area (Å²) >= 11 is 0. The number of aryl methyl sites for hydroxylation is 2. The Morgan fingerprint density at radius 3 is 2.50 bits per heavy atom. The Balaban J connectivity index is 1.37. The molecule has 0 N–H and O–H groups in total. The van der Waals surface area contributed by atoms with Crippen molar-refractivity contribution in [3.05, 3.63) is 40.5 Å². The Morgan fingerprint density at radius 1 is 1.16 bits per heavy atom. The molecule has 2 fully saturated rings. The van der Waals surface area contributed by atoms with E-state index in [0.29, 0.717) is 49.7 Å². The van der Waals surface area contributed by atoms with E-state index in [1.807, 2.05) is 6.07 Å². The minimum absolute atomic E-state index is 0.0554. The summed E-state index contributed by atoms with van der Waals surface area (Å²) in [6.45, 7) is 2.61. The highest BCUT2D eigenvalue weighted by molar-refractivity contribution is 5.93. The van der Waals surface area contributed by atoms with Crippen LogP contribution in [0.3, 0.4) is 0 Å². The molecule has 0 atom stereocenters. The van der Waals surface area contributed by atoms with E-state index in [4.69, 9.17) is 4.52 Å². The number of aromatic nitrogens is 4. The average Bonchev–Trinajstić information content (AvgIpc) is 3.42. The van der Waals surface area contributed by atoms with Crippen LogP contribution < -0.4 is 0 Å². The lowest BCUT2D eigenvalue weighted by Gasteiger charge is -2.31. The van der Waals surface area contributed by atoms with Crippen molar-refractivity contribution in [2.45, 2.75) is 57.0 Å². The molecule has 32 heavy (non-hydrogen) atoms. The molecule has 1 aliphatic carbocycles. The SMILES string of the molecule is CCc1cc(C(F)(F)F)c2c(C3CCN(C(=O)c4cc(C5CC5)nn4C)CC3)noc2n1. The fourth-order valence-corrected chi connectivity index (χ4v) is 4.49. The number of likely N-dealkylation sites (tertiary alicyclic amines) is 1. The van der Waals surface area contributed by atoms with E-state index in [9.17, 15) is 18.0 Å². The molecule has 170 valence electrons. The van der Waals surface area contributed by atoms with Gasteiger partial charge in [-0.15, -0.1) is 0 Å². The molecule has 2 aliphatic rings. The van der Waals surface area contributed by atoms with Gasteiger partial charge in [0.15, 0.2) is 0 Å². The number of amides is 1. The monoisotopic (exact) mass is 447 g/mol. The first kappa shape index (κ1) is 21.0. The van der Waals surface area contributed by atoms with Crippen molar-refractivity contribution in [2.75, 3.05) is 13.1 Å². The summed E-state index contributed by atoms with van der Waals surface area (Å²) in [7, 11) is 1.77. The standard InChI is InChI=1S/C22H24F3N5O2/c1-3-14-10-15(22(23,24)25)18-19(28-32-20(18)26-14)13-6-8-30(9-7-13)21(31)17-11-16(12-4-5-12)27-29(17)2/h10-13H,3-9H2,1-2H3. The molecule has 0 aromatic carbocycles. The second kappa shape index (κ2) is 7.60. The van der Waals surface area contributed by atoms with Crippen molar-refractivity contribution < 1.29 is 22.5 Å². The van der Waals surface area contributed by atoms with Crippen LogP contribution in [0, 0.1) is 0 Å². The topological polar surface area (TPSA) is 77.0 Å². The summed E-state index contributed by atoms with van der Waals surface area (Å²) < 4.78 is 48.1. The summed E-state index contributed by atoms with van der Waals surface area (Å²) in [5, 5.41) is 8.39. The van der Waals surface area contributed by atoms with Crippen LogP contribution in [0.25, 0.3) is 11.1 Å². The zero-order chi connectivity index (χ0) is 22.6. The first-order valence-corrected chi connectivity index (χ1v) is 11.0. The van der Waals surface area contributed by atoms with Crippen molar-refractivity contribution in [1.82, 2.24) is 24.8 Å². The van der Waals surface area contributed by atoms with Gasteiger partial charge in [-0.25, -0.2) is 4.98 Å². The minimum Gasteiger partial charge on any atom is -0.337 e. The molecular formula is C22H24F3N5O2. The Morgan fingerprint density at radius 2 is 1.88 bits per heavy atom. The average molecular weight is 447 g/mol. The molecule has 0 radical (unpaired) electrons. The number of pyridine rings is 1. The minimum atomic E-state index is -4.53. The maximum absolute atomic E-state index is 13.8. The van der Waals surface area contributed by atoms with E-state index in [1.165, 1.54) is 0 Å². The van der Waals surface area contributed by atoms with Crippen LogP contribution in [0.4, 0.5) is 13.2 Å². The normalized spacial score (nSPS) is 18.0. The molecule has 1 saturated heterocycles. The molecule has 3 aromatic rings. The predicted octanol–water partition coefficient (Wildman–Crippen LogP) is 4.43. The summed E-state index contributed by atoms with van der Waals surface area (Å²) in [6, 6.07) is 2.95. The summed E-state index contributed by atoms with van der Waals surface area (Å²) in [4.78, 5) is 18.9. The molecule has 1 aliphatic heterocycles. The lowest BCUT2D eigenvalue weighted by atomic mass is 9.90. The van der Waals surface area contributed by atoms with Crippen molar-refractivity contribution in [3.8, 4) is 0 Å². The number of hydrogen-bond acceptors (Lipinski definition) is 5. The molecule has 4 heterocycles. The summed E-state index contributed by atoms with van der Waals surface area (Å²) in [5.74, 6) is 0.128. The molecule has 3 aromatic heterocycles. The number of rotatable bonds is 4. The van der Waals surface area contributed by atoms with Gasteiger partial charge in [-0.2, -0.15) is 18.3 Å².